The third-order valence-electron chi connectivity index (χ3n) is 6.33. The van der Waals surface area contributed by atoms with E-state index in [1.165, 1.54) is 0 Å². The second kappa shape index (κ2) is 7.09. The monoisotopic (exact) mass is 368 g/mol. The minimum Gasteiger partial charge on any atom is -0.390 e. The van der Waals surface area contributed by atoms with Crippen LogP contribution in [0.15, 0.2) is 30.6 Å². The minimum absolute atomic E-state index is 0.0102. The molecule has 2 fully saturated rings. The van der Waals surface area contributed by atoms with Crippen LogP contribution in [0, 0.1) is 25.7 Å². The molecule has 0 radical (unpaired) electrons. The Labute approximate surface area is 160 Å². The number of imidazole rings is 1. The molecule has 1 aliphatic carbocycles. The van der Waals surface area contributed by atoms with Crippen molar-refractivity contribution in [3.8, 4) is 5.69 Å². The molecule has 27 heavy (non-hydrogen) atoms. The average molecular weight is 368 g/mol. The van der Waals surface area contributed by atoms with Gasteiger partial charge in [-0.25, -0.2) is 4.98 Å². The van der Waals surface area contributed by atoms with Crippen molar-refractivity contribution in [3.05, 3.63) is 42.0 Å². The molecule has 1 amide bonds. The van der Waals surface area contributed by atoms with E-state index in [0.717, 1.165) is 48.7 Å². The number of nitrogens with one attached hydrogen (secondary N) is 2. The zero-order valence-corrected chi connectivity index (χ0v) is 16.0. The number of benzene rings is 1. The first-order chi connectivity index (χ1) is 13.0. The zero-order valence-electron chi connectivity index (χ0n) is 16.0. The van der Waals surface area contributed by atoms with Gasteiger partial charge in [-0.2, -0.15) is 0 Å². The quantitative estimate of drug-likeness (QED) is 0.775. The Kier molecular flexibility index (Phi) is 4.78. The molecular weight excluding hydrogens is 340 g/mol. The lowest BCUT2D eigenvalue weighted by atomic mass is 9.62. The van der Waals surface area contributed by atoms with Gasteiger partial charge in [0, 0.05) is 23.0 Å². The molecule has 2 heterocycles. The van der Waals surface area contributed by atoms with Gasteiger partial charge >= 0.3 is 0 Å². The van der Waals surface area contributed by atoms with Crippen LogP contribution < -0.4 is 10.6 Å². The number of carbonyl (C=O) groups is 1. The molecule has 1 aromatic carbocycles. The summed E-state index contributed by atoms with van der Waals surface area (Å²) in [5.74, 6) is 0.239. The number of aliphatic hydroxyl groups is 1. The summed E-state index contributed by atoms with van der Waals surface area (Å²) < 4.78 is 2.03. The van der Waals surface area contributed by atoms with Gasteiger partial charge in [-0.05, 0) is 82.8 Å². The van der Waals surface area contributed by atoms with Crippen LogP contribution in [0.25, 0.3) is 5.69 Å². The van der Waals surface area contributed by atoms with Gasteiger partial charge in [0.15, 0.2) is 0 Å². The van der Waals surface area contributed by atoms with Crippen molar-refractivity contribution in [3.63, 3.8) is 0 Å². The van der Waals surface area contributed by atoms with Gasteiger partial charge in [0.1, 0.15) is 0 Å². The molecule has 6 heteroatoms. The molecule has 0 unspecified atom stereocenters. The van der Waals surface area contributed by atoms with E-state index >= 15 is 0 Å². The summed E-state index contributed by atoms with van der Waals surface area (Å²) in [5.41, 5.74) is 3.28. The highest BCUT2D eigenvalue weighted by atomic mass is 16.3. The van der Waals surface area contributed by atoms with Crippen LogP contribution in [0.1, 0.15) is 37.1 Å². The summed E-state index contributed by atoms with van der Waals surface area (Å²) in [6.45, 7) is 5.96. The number of aromatic nitrogens is 2. The fourth-order valence-corrected chi connectivity index (χ4v) is 4.38. The van der Waals surface area contributed by atoms with Gasteiger partial charge in [-0.3, -0.25) is 4.79 Å². The number of hydrogen-bond donors (Lipinski definition) is 3. The Balaban J connectivity index is 1.34. The van der Waals surface area contributed by atoms with Gasteiger partial charge in [-0.1, -0.05) is 0 Å². The second-order valence-corrected chi connectivity index (χ2v) is 8.05. The van der Waals surface area contributed by atoms with E-state index in [2.05, 4.69) is 15.6 Å². The Hall–Kier alpha value is -2.18. The third-order valence-corrected chi connectivity index (χ3v) is 6.33. The van der Waals surface area contributed by atoms with Crippen molar-refractivity contribution in [2.75, 3.05) is 18.4 Å². The van der Waals surface area contributed by atoms with Crippen molar-refractivity contribution >= 4 is 11.6 Å². The highest BCUT2D eigenvalue weighted by Gasteiger charge is 2.50. The normalized spacial score (nSPS) is 25.8. The maximum absolute atomic E-state index is 12.5. The van der Waals surface area contributed by atoms with E-state index in [4.69, 9.17) is 0 Å². The second-order valence-electron chi connectivity index (χ2n) is 8.05. The molecule has 1 aliphatic heterocycles. The van der Waals surface area contributed by atoms with Crippen LogP contribution in [-0.4, -0.2) is 39.3 Å². The van der Waals surface area contributed by atoms with Crippen molar-refractivity contribution in [1.82, 2.24) is 14.9 Å². The molecule has 0 spiro atoms. The van der Waals surface area contributed by atoms with Gasteiger partial charge in [0.2, 0.25) is 5.91 Å². The molecule has 0 atom stereocenters. The van der Waals surface area contributed by atoms with Crippen molar-refractivity contribution in [2.24, 2.45) is 11.8 Å². The maximum atomic E-state index is 12.5. The van der Waals surface area contributed by atoms with Crippen LogP contribution in [0.2, 0.25) is 0 Å². The molecule has 2 aromatic rings. The smallest absolute Gasteiger partial charge is 0.227 e. The predicted molar refractivity (Wildman–Crippen MR) is 105 cm³/mol. The molecule has 6 nitrogen and oxygen atoms in total. The van der Waals surface area contributed by atoms with E-state index in [-0.39, 0.29) is 11.8 Å². The lowest BCUT2D eigenvalue weighted by Gasteiger charge is -2.49. The van der Waals surface area contributed by atoms with Gasteiger partial charge in [0.05, 0.1) is 17.6 Å². The standard InChI is InChI=1S/C21H28N4O2/c1-14-15(2)25(13-23-14)19-5-3-18(4-6-19)24-20(26)16-11-21(27,12-16)17-7-9-22-10-8-17/h3-6,13,16-17,22,27H,7-12H2,1-2H3,(H,24,26). The van der Waals surface area contributed by atoms with Gasteiger partial charge < -0.3 is 20.3 Å². The SMILES string of the molecule is Cc1ncn(-c2ccc(NC(=O)C3CC(O)(C4CCNCC4)C3)cc2)c1C. The highest BCUT2D eigenvalue weighted by Crippen LogP contribution is 2.46. The summed E-state index contributed by atoms with van der Waals surface area (Å²) in [7, 11) is 0. The molecule has 4 rings (SSSR count). The number of carbonyl (C=O) groups excluding carboxylic acids is 1. The lowest BCUT2D eigenvalue weighted by Crippen LogP contribution is -2.55. The van der Waals surface area contributed by atoms with Crippen molar-refractivity contribution in [1.29, 1.82) is 0 Å². The number of piperidine rings is 1. The Bertz CT molecular complexity index is 815. The summed E-state index contributed by atoms with van der Waals surface area (Å²) in [6, 6.07) is 7.80. The number of nitrogens with zero attached hydrogens (tertiary/aromatic N) is 2. The van der Waals surface area contributed by atoms with Crippen molar-refractivity contribution < 1.29 is 9.90 Å². The number of hydrogen-bond acceptors (Lipinski definition) is 4. The lowest BCUT2D eigenvalue weighted by molar-refractivity contribution is -0.149. The van der Waals surface area contributed by atoms with Crippen LogP contribution in [0.3, 0.4) is 0 Å². The Morgan fingerprint density at radius 1 is 1.22 bits per heavy atom. The van der Waals surface area contributed by atoms with E-state index in [0.29, 0.717) is 18.8 Å². The van der Waals surface area contributed by atoms with Crippen LogP contribution >= 0.6 is 0 Å². The molecule has 1 saturated heterocycles. The predicted octanol–water partition coefficient (Wildman–Crippen LogP) is 2.57. The summed E-state index contributed by atoms with van der Waals surface area (Å²) in [6.07, 6.45) is 4.97. The summed E-state index contributed by atoms with van der Waals surface area (Å²) in [5, 5.41) is 17.1. The summed E-state index contributed by atoms with van der Waals surface area (Å²) in [4.78, 5) is 16.9. The molecule has 144 valence electrons. The minimum atomic E-state index is -0.648. The Morgan fingerprint density at radius 2 is 1.89 bits per heavy atom. The molecular formula is C21H28N4O2. The van der Waals surface area contributed by atoms with Crippen LogP contribution in [0.4, 0.5) is 5.69 Å². The number of rotatable bonds is 4. The maximum Gasteiger partial charge on any atom is 0.227 e. The van der Waals surface area contributed by atoms with Gasteiger partial charge in [-0.15, -0.1) is 0 Å². The summed E-state index contributed by atoms with van der Waals surface area (Å²) >= 11 is 0. The number of anilines is 1. The van der Waals surface area contributed by atoms with Crippen molar-refractivity contribution in [2.45, 2.75) is 45.1 Å². The van der Waals surface area contributed by atoms with Crippen LogP contribution in [-0.2, 0) is 4.79 Å². The first kappa shape index (κ1) is 18.2. The molecule has 0 bridgehead atoms. The molecule has 2 aliphatic rings. The first-order valence-electron chi connectivity index (χ1n) is 9.81. The fraction of sp³-hybridized carbons (Fsp3) is 0.524. The third kappa shape index (κ3) is 3.51. The topological polar surface area (TPSA) is 79.2 Å². The highest BCUT2D eigenvalue weighted by molar-refractivity contribution is 5.93. The van der Waals surface area contributed by atoms with Gasteiger partial charge in [0.25, 0.3) is 0 Å². The molecule has 1 saturated carbocycles. The van der Waals surface area contributed by atoms with E-state index in [9.17, 15) is 9.90 Å². The molecule has 1 aromatic heterocycles. The fourth-order valence-electron chi connectivity index (χ4n) is 4.38. The number of aryl methyl sites for hydroxylation is 1. The zero-order chi connectivity index (χ0) is 19.0. The molecule has 3 N–H and O–H groups in total. The largest absolute Gasteiger partial charge is 0.390 e. The van der Waals surface area contributed by atoms with E-state index in [1.54, 1.807) is 0 Å². The number of amides is 1. The van der Waals surface area contributed by atoms with Crippen LogP contribution in [0.5, 0.6) is 0 Å². The Morgan fingerprint density at radius 3 is 2.48 bits per heavy atom. The average Bonchev–Trinajstić information content (AvgIpc) is 2.99. The van der Waals surface area contributed by atoms with E-state index in [1.807, 2.05) is 49.0 Å². The first-order valence-corrected chi connectivity index (χ1v) is 9.81. The van der Waals surface area contributed by atoms with E-state index < -0.39 is 5.60 Å².